The van der Waals surface area contributed by atoms with Gasteiger partial charge in [-0.2, -0.15) is 5.10 Å². The van der Waals surface area contributed by atoms with Crippen LogP contribution in [0.4, 0.5) is 0 Å². The van der Waals surface area contributed by atoms with Gasteiger partial charge in [0.25, 0.3) is 0 Å². The van der Waals surface area contributed by atoms with Crippen LogP contribution in [0, 0.1) is 0 Å². The largest absolute Gasteiger partial charge is 0.279 e. The van der Waals surface area contributed by atoms with Gasteiger partial charge in [0.2, 0.25) is 0 Å². The van der Waals surface area contributed by atoms with E-state index < -0.39 is 0 Å². The van der Waals surface area contributed by atoms with E-state index in [1.807, 2.05) is 33.0 Å². The third-order valence-corrected chi connectivity index (χ3v) is 0.983. The highest BCUT2D eigenvalue weighted by molar-refractivity contribution is 5.70. The molecule has 0 rings (SSSR count). The molecule has 0 bridgehead atoms. The first-order valence-electron chi connectivity index (χ1n) is 3.62. The molecule has 62 valence electrons. The van der Waals surface area contributed by atoms with Crippen LogP contribution in [0.15, 0.2) is 22.2 Å². The molecule has 0 fully saturated rings. The zero-order valence-corrected chi connectivity index (χ0v) is 7.36. The number of nitrogens with zero attached hydrogens (tertiary/aromatic N) is 3. The first kappa shape index (κ1) is 9.88. The maximum absolute atomic E-state index is 4.08. The molecular weight excluding hydrogens is 138 g/mol. The minimum Gasteiger partial charge on any atom is -0.279 e. The number of aliphatic imine (C=N–C) groups is 1. The van der Waals surface area contributed by atoms with Crippen molar-refractivity contribution in [2.45, 2.75) is 13.8 Å². The molecule has 0 aliphatic carbocycles. The van der Waals surface area contributed by atoms with E-state index >= 15 is 0 Å². The Labute approximate surface area is 68.1 Å². The molecule has 0 aromatic carbocycles. The predicted octanol–water partition coefficient (Wildman–Crippen LogP) is 1.53. The van der Waals surface area contributed by atoms with Gasteiger partial charge in [-0.15, -0.1) is 0 Å². The van der Waals surface area contributed by atoms with E-state index in [4.69, 9.17) is 0 Å². The van der Waals surface area contributed by atoms with Gasteiger partial charge in [-0.3, -0.25) is 10.0 Å². The average Bonchev–Trinajstić information content (AvgIpc) is 1.99. The predicted molar refractivity (Wildman–Crippen MR) is 50.1 cm³/mol. The second kappa shape index (κ2) is 6.99. The van der Waals surface area contributed by atoms with Crippen molar-refractivity contribution in [3.05, 3.63) is 12.2 Å². The van der Waals surface area contributed by atoms with Gasteiger partial charge in [-0.25, -0.2) is 0 Å². The van der Waals surface area contributed by atoms with E-state index in [1.54, 1.807) is 17.4 Å². The van der Waals surface area contributed by atoms with Crippen LogP contribution < -0.4 is 0 Å². The molecule has 3 heteroatoms. The Morgan fingerprint density at radius 2 is 2.09 bits per heavy atom. The van der Waals surface area contributed by atoms with Crippen LogP contribution in [0.1, 0.15) is 13.8 Å². The van der Waals surface area contributed by atoms with E-state index in [2.05, 4.69) is 10.1 Å². The van der Waals surface area contributed by atoms with Crippen LogP contribution in [0.25, 0.3) is 0 Å². The van der Waals surface area contributed by atoms with E-state index in [1.165, 1.54) is 0 Å². The summed E-state index contributed by atoms with van der Waals surface area (Å²) in [4.78, 5) is 4.08. The van der Waals surface area contributed by atoms with Crippen molar-refractivity contribution in [1.29, 1.82) is 0 Å². The molecule has 0 N–H and O–H groups in total. The summed E-state index contributed by atoms with van der Waals surface area (Å²) in [5.41, 5.74) is 0. The van der Waals surface area contributed by atoms with Gasteiger partial charge in [0.1, 0.15) is 6.67 Å². The molecule has 0 amide bonds. The molecule has 0 aromatic heterocycles. The number of hydrogen-bond donors (Lipinski definition) is 0. The number of hydrazone groups is 1. The molecular formula is C8H15N3. The summed E-state index contributed by atoms with van der Waals surface area (Å²) in [6.07, 6.45) is 7.34. The zero-order chi connectivity index (χ0) is 8.53. The van der Waals surface area contributed by atoms with Crippen molar-refractivity contribution in [2.24, 2.45) is 10.1 Å². The van der Waals surface area contributed by atoms with Gasteiger partial charge >= 0.3 is 0 Å². The summed E-state index contributed by atoms with van der Waals surface area (Å²) in [6, 6.07) is 0. The molecule has 0 aromatic rings. The Balaban J connectivity index is 3.52. The van der Waals surface area contributed by atoms with Crippen LogP contribution in [0.5, 0.6) is 0 Å². The van der Waals surface area contributed by atoms with E-state index in [9.17, 15) is 0 Å². The van der Waals surface area contributed by atoms with Gasteiger partial charge in [0, 0.05) is 19.5 Å². The third-order valence-electron chi connectivity index (χ3n) is 0.983. The maximum atomic E-state index is 4.08. The molecule has 0 aliphatic rings. The third kappa shape index (κ3) is 6.77. The standard InChI is InChI=1S/C8H15N3/c1-4-6-7-9-8-11(3)10-5-2/h4-7H,8H2,1-3H3/b6-4-,9-7-,10-5-. The van der Waals surface area contributed by atoms with Crippen molar-refractivity contribution in [1.82, 2.24) is 5.01 Å². The monoisotopic (exact) mass is 153 g/mol. The quantitative estimate of drug-likeness (QED) is 0.444. The first-order chi connectivity index (χ1) is 5.31. The molecule has 0 spiro atoms. The molecule has 0 heterocycles. The van der Waals surface area contributed by atoms with Gasteiger partial charge in [0.15, 0.2) is 0 Å². The fourth-order valence-electron chi connectivity index (χ4n) is 0.546. The van der Waals surface area contributed by atoms with Crippen LogP contribution in [0.2, 0.25) is 0 Å². The highest BCUT2D eigenvalue weighted by Gasteiger charge is 1.82. The molecule has 0 unspecified atom stereocenters. The highest BCUT2D eigenvalue weighted by Crippen LogP contribution is 1.81. The Morgan fingerprint density at radius 1 is 1.36 bits per heavy atom. The maximum Gasteiger partial charge on any atom is 0.126 e. The number of rotatable bonds is 4. The normalized spacial score (nSPS) is 12.3. The topological polar surface area (TPSA) is 28.0 Å². The highest BCUT2D eigenvalue weighted by atomic mass is 15.5. The smallest absolute Gasteiger partial charge is 0.126 e. The van der Waals surface area contributed by atoms with Crippen molar-refractivity contribution in [3.8, 4) is 0 Å². The number of hydrogen-bond acceptors (Lipinski definition) is 3. The van der Waals surface area contributed by atoms with Crippen molar-refractivity contribution >= 4 is 12.4 Å². The second-order valence-electron chi connectivity index (χ2n) is 2.03. The van der Waals surface area contributed by atoms with E-state index in [0.29, 0.717) is 6.67 Å². The summed E-state index contributed by atoms with van der Waals surface area (Å²) >= 11 is 0. The Hall–Kier alpha value is -1.12. The van der Waals surface area contributed by atoms with Crippen molar-refractivity contribution in [3.63, 3.8) is 0 Å². The zero-order valence-electron chi connectivity index (χ0n) is 7.36. The van der Waals surface area contributed by atoms with Crippen LogP contribution >= 0.6 is 0 Å². The minimum atomic E-state index is 0.606. The first-order valence-corrected chi connectivity index (χ1v) is 3.62. The van der Waals surface area contributed by atoms with E-state index in [0.717, 1.165) is 0 Å². The Morgan fingerprint density at radius 3 is 2.64 bits per heavy atom. The summed E-state index contributed by atoms with van der Waals surface area (Å²) in [6.45, 7) is 4.45. The lowest BCUT2D eigenvalue weighted by Gasteiger charge is -2.06. The Kier molecular flexibility index (Phi) is 6.28. The summed E-state index contributed by atoms with van der Waals surface area (Å²) in [5, 5.41) is 5.76. The molecule has 0 radical (unpaired) electrons. The SMILES string of the molecule is C/C=C\C=N/CN(C)/N=C\C. The second-order valence-corrected chi connectivity index (χ2v) is 2.03. The Bertz CT molecular complexity index is 159. The minimum absolute atomic E-state index is 0.606. The average molecular weight is 153 g/mol. The summed E-state index contributed by atoms with van der Waals surface area (Å²) in [5.74, 6) is 0. The van der Waals surface area contributed by atoms with Crippen LogP contribution in [0.3, 0.4) is 0 Å². The molecule has 0 aliphatic heterocycles. The molecule has 0 saturated heterocycles. The fraction of sp³-hybridized carbons (Fsp3) is 0.500. The molecule has 11 heavy (non-hydrogen) atoms. The lowest BCUT2D eigenvalue weighted by Crippen LogP contribution is -2.10. The van der Waals surface area contributed by atoms with Crippen LogP contribution in [-0.2, 0) is 0 Å². The van der Waals surface area contributed by atoms with Crippen molar-refractivity contribution < 1.29 is 0 Å². The van der Waals surface area contributed by atoms with E-state index in [-0.39, 0.29) is 0 Å². The van der Waals surface area contributed by atoms with Gasteiger partial charge in [-0.1, -0.05) is 6.08 Å². The fourth-order valence-corrected chi connectivity index (χ4v) is 0.546. The number of allylic oxidation sites excluding steroid dienone is 2. The van der Waals surface area contributed by atoms with Gasteiger partial charge < -0.3 is 0 Å². The molecule has 0 saturated carbocycles. The molecule has 3 nitrogen and oxygen atoms in total. The lowest BCUT2D eigenvalue weighted by atomic mass is 10.6. The van der Waals surface area contributed by atoms with Gasteiger partial charge in [0.05, 0.1) is 0 Å². The lowest BCUT2D eigenvalue weighted by molar-refractivity contribution is 0.370. The van der Waals surface area contributed by atoms with Gasteiger partial charge in [-0.05, 0) is 19.9 Å². The summed E-state index contributed by atoms with van der Waals surface area (Å²) < 4.78 is 0. The van der Waals surface area contributed by atoms with Crippen LogP contribution in [-0.4, -0.2) is 31.2 Å². The summed E-state index contributed by atoms with van der Waals surface area (Å²) in [7, 11) is 1.88. The molecule has 0 atom stereocenters. The van der Waals surface area contributed by atoms with Crippen molar-refractivity contribution in [2.75, 3.05) is 13.7 Å².